The third-order valence-corrected chi connectivity index (χ3v) is 19.4. The highest BCUT2D eigenvalue weighted by molar-refractivity contribution is 5.91. The van der Waals surface area contributed by atoms with Gasteiger partial charge < -0.3 is 65.0 Å². The molecule has 9 rings (SSSR count). The summed E-state index contributed by atoms with van der Waals surface area (Å²) in [7, 11) is 0. The molecule has 0 aliphatic rings. The first-order valence-electron chi connectivity index (χ1n) is 39.4. The lowest BCUT2D eigenvalue weighted by Crippen LogP contribution is -2.35. The van der Waals surface area contributed by atoms with Gasteiger partial charge in [-0.1, -0.05) is 158 Å². The molecule has 0 bridgehead atoms. The largest absolute Gasteiger partial charge is 0.481 e. The van der Waals surface area contributed by atoms with E-state index >= 15 is 0 Å². The van der Waals surface area contributed by atoms with Gasteiger partial charge in [-0.25, -0.2) is 30.7 Å². The van der Waals surface area contributed by atoms with Crippen LogP contribution in [-0.4, -0.2) is 132 Å². The van der Waals surface area contributed by atoms with E-state index in [0.717, 1.165) is 5.56 Å². The molecule has 0 saturated carbocycles. The van der Waals surface area contributed by atoms with Crippen LogP contribution in [0.1, 0.15) is 108 Å². The van der Waals surface area contributed by atoms with Crippen molar-refractivity contribution in [3.8, 4) is 0 Å². The van der Waals surface area contributed by atoms with Crippen molar-refractivity contribution in [3.63, 3.8) is 0 Å². The smallest absolute Gasteiger partial charge is 0.307 e. The standard InChI is InChI=1S/C19H19F2NO3.C19H20FNO3.C18H18FNO3.2C13H16FNO3.C12H14FNO3/c20-15-6-4-12(5-7-15)10-17(22)18(23)11-14(19(24)25)8-13-2-1-3-16(21)9-13;20-16-8-4-7-14(10-16)9-15(19(23)24)12-18(22)17(21)11-13-5-2-1-3-6-13;19-15-8-6-12(7-9-15)10-14(18(22)23)11-16(21)17(20)13-4-2-1-3-5-13;1-8(15)12(16)7-10(13(17)18)6-9-2-4-11(14)5-3-9;1-8(15)12(16)7-10(13(17)18)6-9-4-2-3-5-11(9)14;13-11-4-2-1-3-8(11)5-9(12(16)17)6-10(15)7-14/h1-7,9,14,17H,8,10-11,22H2,(H,24,25);1-8,10,15,17H,9,11-12,21H2,(H,23,24);1-9,14,17H,10-11,20H2,(H,22,23);2*2-5,8,10H,6-7,15H2,1H3,(H,17,18);1-4,9H,5-7,14H2,(H,16,17)/t;15?,17-;14?,17-;2*8-,10?;/m.0010./s1. The maximum atomic E-state index is 13.4. The number of aliphatic carboxylic acids is 6. The maximum absolute atomic E-state index is 13.4. The summed E-state index contributed by atoms with van der Waals surface area (Å²) in [4.78, 5) is 138. The van der Waals surface area contributed by atoms with Gasteiger partial charge in [0, 0.05) is 38.5 Å². The fourth-order valence-electron chi connectivity index (χ4n) is 12.2. The predicted octanol–water partition coefficient (Wildman–Crippen LogP) is 11.8. The van der Waals surface area contributed by atoms with Gasteiger partial charge in [0.25, 0.3) is 0 Å². The molecule has 7 unspecified atom stereocenters. The lowest BCUT2D eigenvalue weighted by molar-refractivity contribution is -0.144. The highest BCUT2D eigenvalue weighted by Crippen LogP contribution is 2.24. The van der Waals surface area contributed by atoms with Gasteiger partial charge in [-0.15, -0.1) is 0 Å². The lowest BCUT2D eigenvalue weighted by Gasteiger charge is -2.15. The Hall–Kier alpha value is -12.9. The minimum absolute atomic E-state index is 0.00620. The average molecular weight is 1740 g/mol. The van der Waals surface area contributed by atoms with Crippen LogP contribution in [-0.2, 0) is 109 Å². The first kappa shape index (κ1) is 104. The summed E-state index contributed by atoms with van der Waals surface area (Å²) < 4.78 is 91.7. The molecule has 11 atom stereocenters. The summed E-state index contributed by atoms with van der Waals surface area (Å²) in [6, 6.07) is 54.3. The van der Waals surface area contributed by atoms with E-state index in [9.17, 15) is 104 Å². The van der Waals surface area contributed by atoms with E-state index in [1.165, 1.54) is 159 Å². The number of rotatable bonds is 41. The molecule has 0 aliphatic carbocycles. The Bertz CT molecular complexity index is 5000. The van der Waals surface area contributed by atoms with Crippen LogP contribution in [0.25, 0.3) is 0 Å². The second-order valence-electron chi connectivity index (χ2n) is 29.6. The molecule has 24 nitrogen and oxygen atoms in total. The molecule has 0 amide bonds. The highest BCUT2D eigenvalue weighted by Gasteiger charge is 2.31. The van der Waals surface area contributed by atoms with E-state index in [-0.39, 0.29) is 136 Å². The number of nitrogens with two attached hydrogens (primary N) is 6. The van der Waals surface area contributed by atoms with Crippen molar-refractivity contribution >= 4 is 70.5 Å². The van der Waals surface area contributed by atoms with E-state index in [1.54, 1.807) is 48.5 Å². The van der Waals surface area contributed by atoms with Gasteiger partial charge in [0.1, 0.15) is 58.1 Å². The number of carbonyl (C=O) groups is 12. The van der Waals surface area contributed by atoms with E-state index in [1.807, 2.05) is 36.4 Å². The SMILES string of the molecule is C[C@@H](N)C(=O)CC(Cc1ccc(F)cc1)C(=O)O.C[C@H](N)C(=O)CC(Cc1ccccc1F)C(=O)O.NC(Cc1ccc(F)cc1)C(=O)CC(Cc1cccc(F)c1)C(=O)O.NCC(=O)CC(Cc1ccccc1F)C(=O)O.N[C@@H](Cc1ccccc1)C(=O)CC(Cc1cccc(F)c1)C(=O)O.N[C@H](C(=O)CC(Cc1ccc(F)cc1)C(=O)O)c1ccccc1. The fourth-order valence-corrected chi connectivity index (χ4v) is 12.2. The molecule has 0 fully saturated rings. The van der Waals surface area contributed by atoms with Crippen molar-refractivity contribution in [2.45, 2.75) is 134 Å². The molecule has 0 spiro atoms. The Morgan fingerprint density at radius 3 is 0.848 bits per heavy atom. The molecule has 0 aliphatic heterocycles. The summed E-state index contributed by atoms with van der Waals surface area (Å²) in [5.41, 5.74) is 38.9. The molecule has 9 aromatic carbocycles. The molecule has 0 radical (unpaired) electrons. The summed E-state index contributed by atoms with van der Waals surface area (Å²) in [5, 5.41) is 55.0. The van der Waals surface area contributed by atoms with Crippen molar-refractivity contribution in [1.29, 1.82) is 0 Å². The minimum Gasteiger partial charge on any atom is -0.481 e. The van der Waals surface area contributed by atoms with Gasteiger partial charge in [0.2, 0.25) is 0 Å². The topological polar surface area (TPSA) is 482 Å². The summed E-state index contributed by atoms with van der Waals surface area (Å²) in [5.74, 6) is -17.0. The summed E-state index contributed by atoms with van der Waals surface area (Å²) in [6.07, 6.45) is 0.00421. The van der Waals surface area contributed by atoms with Crippen LogP contribution in [0.4, 0.5) is 30.7 Å². The fraction of sp³-hybridized carbons (Fsp3) is 0.298. The first-order valence-corrected chi connectivity index (χ1v) is 39.4. The quantitative estimate of drug-likeness (QED) is 0.0158. The Morgan fingerprint density at radius 2 is 0.536 bits per heavy atom. The van der Waals surface area contributed by atoms with Crippen LogP contribution >= 0.6 is 0 Å². The molecule has 0 saturated heterocycles. The van der Waals surface area contributed by atoms with E-state index in [2.05, 4.69) is 0 Å². The third kappa shape index (κ3) is 40.3. The Kier molecular flexibility index (Phi) is 45.6. The third-order valence-electron chi connectivity index (χ3n) is 19.4. The van der Waals surface area contributed by atoms with Crippen LogP contribution < -0.4 is 34.4 Å². The Balaban J connectivity index is 0.000000317. The number of Topliss-reactive ketones (excluding diaryl/α,β-unsaturated/α-hetero) is 6. The van der Waals surface area contributed by atoms with Crippen LogP contribution in [0, 0.1) is 76.2 Å². The number of halogens is 7. The average Bonchev–Trinajstić information content (AvgIpc) is 0.902. The highest BCUT2D eigenvalue weighted by atomic mass is 19.2. The second-order valence-corrected chi connectivity index (χ2v) is 29.6. The molecule has 31 heteroatoms. The lowest BCUT2D eigenvalue weighted by atomic mass is 9.90. The summed E-state index contributed by atoms with van der Waals surface area (Å²) >= 11 is 0. The molecular formula is C94H103F7N6O18. The summed E-state index contributed by atoms with van der Waals surface area (Å²) in [6.45, 7) is 2.84. The number of benzene rings is 9. The van der Waals surface area contributed by atoms with E-state index < -0.39 is 131 Å². The number of ketones is 6. The molecule has 0 heterocycles. The zero-order valence-electron chi connectivity index (χ0n) is 68.6. The minimum atomic E-state index is -1.13. The molecule has 9 aromatic rings. The molecular weight excluding hydrogens is 1630 g/mol. The van der Waals surface area contributed by atoms with Crippen molar-refractivity contribution in [1.82, 2.24) is 0 Å². The van der Waals surface area contributed by atoms with E-state index in [4.69, 9.17) is 49.7 Å². The number of carboxylic acids is 6. The first-order chi connectivity index (χ1) is 59.1. The zero-order chi connectivity index (χ0) is 93.0. The maximum Gasteiger partial charge on any atom is 0.307 e. The monoisotopic (exact) mass is 1740 g/mol. The molecule has 18 N–H and O–H groups in total. The second kappa shape index (κ2) is 54.6. The van der Waals surface area contributed by atoms with Gasteiger partial charge in [0.05, 0.1) is 72.3 Å². The van der Waals surface area contributed by atoms with Crippen molar-refractivity contribution in [2.75, 3.05) is 6.54 Å². The van der Waals surface area contributed by atoms with Crippen LogP contribution in [0.3, 0.4) is 0 Å². The van der Waals surface area contributed by atoms with Crippen LogP contribution in [0.2, 0.25) is 0 Å². The molecule has 666 valence electrons. The van der Waals surface area contributed by atoms with E-state index in [0.29, 0.717) is 50.9 Å². The predicted molar refractivity (Wildman–Crippen MR) is 451 cm³/mol. The number of hydrogen-bond acceptors (Lipinski definition) is 18. The van der Waals surface area contributed by atoms with Gasteiger partial charge in [-0.3, -0.25) is 57.5 Å². The number of carbonyl (C=O) groups excluding carboxylic acids is 6. The Labute approximate surface area is 717 Å². The molecule has 125 heavy (non-hydrogen) atoms. The van der Waals surface area contributed by atoms with Crippen molar-refractivity contribution in [3.05, 3.63) is 321 Å². The van der Waals surface area contributed by atoms with Gasteiger partial charge in [0.15, 0.2) is 17.3 Å². The zero-order valence-corrected chi connectivity index (χ0v) is 68.6. The van der Waals surface area contributed by atoms with Crippen molar-refractivity contribution in [2.24, 2.45) is 69.9 Å². The molecule has 0 aromatic heterocycles. The van der Waals surface area contributed by atoms with Crippen LogP contribution in [0.15, 0.2) is 231 Å². The normalized spacial score (nSPS) is 13.3. The number of hydrogen-bond donors (Lipinski definition) is 12. The Morgan fingerprint density at radius 1 is 0.272 bits per heavy atom. The number of carboxylic acid groups (broad SMARTS) is 6. The van der Waals surface area contributed by atoms with Crippen molar-refractivity contribution < 1.29 is 119 Å². The van der Waals surface area contributed by atoms with Crippen LogP contribution in [0.5, 0.6) is 0 Å². The van der Waals surface area contributed by atoms with Gasteiger partial charge in [-0.05, 0) is 188 Å². The van der Waals surface area contributed by atoms with Gasteiger partial charge >= 0.3 is 35.8 Å². The van der Waals surface area contributed by atoms with Gasteiger partial charge in [-0.2, -0.15) is 0 Å².